The van der Waals surface area contributed by atoms with Crippen LogP contribution in [0.3, 0.4) is 0 Å². The van der Waals surface area contributed by atoms with Gasteiger partial charge in [0.2, 0.25) is 5.39 Å². The molecule has 0 saturated carbocycles. The lowest BCUT2D eigenvalue weighted by Gasteiger charge is -2.17. The van der Waals surface area contributed by atoms with E-state index in [9.17, 15) is 14.4 Å². The van der Waals surface area contributed by atoms with Crippen LogP contribution in [0.5, 0.6) is 0 Å². The molecule has 0 atom stereocenters. The van der Waals surface area contributed by atoms with E-state index in [-0.39, 0.29) is 22.1 Å². The number of hydrogen-bond donors (Lipinski definition) is 0. The summed E-state index contributed by atoms with van der Waals surface area (Å²) in [5.41, 5.74) is 0.0493. The Bertz CT molecular complexity index is 385. The van der Waals surface area contributed by atoms with E-state index in [2.05, 4.69) is 34.2 Å². The molecule has 7 heteroatoms. The summed E-state index contributed by atoms with van der Waals surface area (Å²) in [4.78, 5) is 47.2. The molecule has 0 N–H and O–H groups in total. The molecule has 0 aromatic heterocycles. The van der Waals surface area contributed by atoms with E-state index < -0.39 is 17.9 Å². The Morgan fingerprint density at radius 1 is 0.684 bits per heavy atom. The summed E-state index contributed by atoms with van der Waals surface area (Å²) >= 11 is 0. The van der Waals surface area contributed by atoms with Crippen molar-refractivity contribution in [2.24, 2.45) is 0 Å². The van der Waals surface area contributed by atoms with Gasteiger partial charge in [0.15, 0.2) is 0 Å². The third-order valence-electron chi connectivity index (χ3n) is 1.52. The van der Waals surface area contributed by atoms with E-state index in [4.69, 9.17) is 0 Å². The molecule has 0 aromatic rings. The highest BCUT2D eigenvalue weighted by Crippen LogP contribution is 2.06. The van der Waals surface area contributed by atoms with Gasteiger partial charge >= 0.3 is 17.9 Å². The van der Waals surface area contributed by atoms with Crippen molar-refractivity contribution in [1.82, 2.24) is 5.39 Å². The van der Waals surface area contributed by atoms with Crippen molar-refractivity contribution >= 4 is 17.9 Å². The van der Waals surface area contributed by atoms with E-state index in [1.165, 1.54) is 20.8 Å². The predicted octanol–water partition coefficient (Wildman–Crippen LogP) is 1.39. The molecule has 104 valence electrons. The van der Waals surface area contributed by atoms with Crippen LogP contribution >= 0.6 is 0 Å². The third kappa shape index (κ3) is 6.18. The lowest BCUT2D eigenvalue weighted by atomic mass is 10.4. The van der Waals surface area contributed by atoms with Crippen molar-refractivity contribution in [3.05, 3.63) is 36.5 Å². The number of hydrogen-bond acceptors (Lipinski definition) is 7. The van der Waals surface area contributed by atoms with Gasteiger partial charge in [-0.25, -0.2) is 14.4 Å². The number of carbonyl (C=O) groups excluding carboxylic acids is 3. The summed E-state index contributed by atoms with van der Waals surface area (Å²) < 4.78 is 0. The van der Waals surface area contributed by atoms with Gasteiger partial charge in [-0.1, -0.05) is 19.7 Å². The zero-order valence-electron chi connectivity index (χ0n) is 11.0. The minimum atomic E-state index is -0.941. The first-order chi connectivity index (χ1) is 8.65. The average Bonchev–Trinajstić information content (AvgIpc) is 2.27. The number of nitrogens with zero attached hydrogens (tertiary/aromatic N) is 1. The van der Waals surface area contributed by atoms with Crippen molar-refractivity contribution in [3.8, 4) is 0 Å². The van der Waals surface area contributed by atoms with Gasteiger partial charge in [0.05, 0.1) is 0 Å². The standard InChI is InChI=1S/C12H15NO6/c1-7(2)10(14)17-13(18-11(15)8(3)4)19-12(16)9(5)6/h1,3,5H2,2,4,6H3. The molecule has 0 aromatic carbocycles. The zero-order valence-corrected chi connectivity index (χ0v) is 11.0. The summed E-state index contributed by atoms with van der Waals surface area (Å²) in [6.45, 7) is 14.0. The molecule has 0 heterocycles. The van der Waals surface area contributed by atoms with Gasteiger partial charge in [0.1, 0.15) is 0 Å². The smallest absolute Gasteiger partial charge is 0.296 e. The third-order valence-corrected chi connectivity index (χ3v) is 1.52. The van der Waals surface area contributed by atoms with Crippen LogP contribution in [0.15, 0.2) is 36.5 Å². The van der Waals surface area contributed by atoms with Gasteiger partial charge in [-0.3, -0.25) is 14.5 Å². The molecule has 7 nitrogen and oxygen atoms in total. The Hall–Kier alpha value is -2.41. The Morgan fingerprint density at radius 2 is 0.895 bits per heavy atom. The Kier molecular flexibility index (Phi) is 6.22. The highest BCUT2D eigenvalue weighted by molar-refractivity contribution is 5.89. The molecule has 0 fully saturated rings. The quantitative estimate of drug-likeness (QED) is 0.532. The molecule has 19 heavy (non-hydrogen) atoms. The SMILES string of the molecule is C=C(C)C(=O)ON(OC(=O)C(=C)C)OC(=O)C(=C)C. The first kappa shape index (κ1) is 16.6. The van der Waals surface area contributed by atoms with Gasteiger partial charge in [0.25, 0.3) is 0 Å². The number of carbonyl (C=O) groups is 3. The van der Waals surface area contributed by atoms with Crippen LogP contribution in [0.1, 0.15) is 20.8 Å². The molecule has 0 spiro atoms. The largest absolute Gasteiger partial charge is 0.359 e. The first-order valence-corrected chi connectivity index (χ1v) is 5.08. The second-order valence-corrected chi connectivity index (χ2v) is 3.70. The maximum atomic E-state index is 11.3. The maximum absolute atomic E-state index is 11.3. The van der Waals surface area contributed by atoms with E-state index in [0.717, 1.165) is 0 Å². The average molecular weight is 269 g/mol. The van der Waals surface area contributed by atoms with Gasteiger partial charge < -0.3 is 0 Å². The molecule has 0 aliphatic carbocycles. The second kappa shape index (κ2) is 7.12. The van der Waals surface area contributed by atoms with Gasteiger partial charge in [-0.2, -0.15) is 0 Å². The summed E-state index contributed by atoms with van der Waals surface area (Å²) in [6.07, 6.45) is 0. The topological polar surface area (TPSA) is 82.1 Å². The fraction of sp³-hybridized carbons (Fsp3) is 0.250. The minimum Gasteiger partial charge on any atom is -0.296 e. The Balaban J connectivity index is 4.82. The highest BCUT2D eigenvalue weighted by atomic mass is 17.2. The molecular weight excluding hydrogens is 254 g/mol. The molecule has 0 amide bonds. The normalized spacial score (nSPS) is 9.47. The first-order valence-electron chi connectivity index (χ1n) is 5.08. The Labute approximate surface area is 110 Å². The van der Waals surface area contributed by atoms with Crippen LogP contribution in [0, 0.1) is 0 Å². The van der Waals surface area contributed by atoms with Crippen LogP contribution in [-0.2, 0) is 28.9 Å². The van der Waals surface area contributed by atoms with Crippen molar-refractivity contribution in [2.75, 3.05) is 0 Å². The van der Waals surface area contributed by atoms with Crippen molar-refractivity contribution in [3.63, 3.8) is 0 Å². The van der Waals surface area contributed by atoms with Crippen LogP contribution < -0.4 is 0 Å². The van der Waals surface area contributed by atoms with Gasteiger partial charge in [-0.15, -0.1) is 0 Å². The molecule has 0 aliphatic heterocycles. The van der Waals surface area contributed by atoms with E-state index in [1.807, 2.05) is 0 Å². The fourth-order valence-electron chi connectivity index (χ4n) is 0.493. The van der Waals surface area contributed by atoms with Crippen LogP contribution in [0.2, 0.25) is 0 Å². The summed E-state index contributed by atoms with van der Waals surface area (Å²) in [5, 5.41) is -0.00889. The van der Waals surface area contributed by atoms with Crippen LogP contribution in [0.25, 0.3) is 0 Å². The van der Waals surface area contributed by atoms with Gasteiger partial charge in [-0.05, 0) is 20.8 Å². The maximum Gasteiger partial charge on any atom is 0.359 e. The molecule has 0 bridgehead atoms. The monoisotopic (exact) mass is 269 g/mol. The molecule has 0 aliphatic rings. The second-order valence-electron chi connectivity index (χ2n) is 3.70. The van der Waals surface area contributed by atoms with E-state index >= 15 is 0 Å². The molecule has 0 radical (unpaired) electrons. The molecule has 0 unspecified atom stereocenters. The molecule has 0 saturated heterocycles. The van der Waals surface area contributed by atoms with Crippen molar-refractivity contribution in [2.45, 2.75) is 20.8 Å². The summed E-state index contributed by atoms with van der Waals surface area (Å²) in [5.74, 6) is -2.82. The molecule has 0 rings (SSSR count). The van der Waals surface area contributed by atoms with Crippen molar-refractivity contribution in [1.29, 1.82) is 0 Å². The summed E-state index contributed by atoms with van der Waals surface area (Å²) in [6, 6.07) is 0. The lowest BCUT2D eigenvalue weighted by Crippen LogP contribution is -2.33. The predicted molar refractivity (Wildman–Crippen MR) is 64.6 cm³/mol. The fourth-order valence-corrected chi connectivity index (χ4v) is 0.493. The zero-order chi connectivity index (χ0) is 15.2. The molecular formula is C12H15NO6. The summed E-state index contributed by atoms with van der Waals surface area (Å²) in [7, 11) is 0. The van der Waals surface area contributed by atoms with Crippen LogP contribution in [0.4, 0.5) is 0 Å². The van der Waals surface area contributed by atoms with Crippen LogP contribution in [-0.4, -0.2) is 23.3 Å². The lowest BCUT2D eigenvalue weighted by molar-refractivity contribution is -0.461. The highest BCUT2D eigenvalue weighted by Gasteiger charge is 2.23. The van der Waals surface area contributed by atoms with Crippen molar-refractivity contribution < 1.29 is 28.9 Å². The number of rotatable bonds is 6. The van der Waals surface area contributed by atoms with Gasteiger partial charge in [0, 0.05) is 16.7 Å². The minimum absolute atomic E-state index is 0.00889. The Morgan fingerprint density at radius 3 is 1.05 bits per heavy atom. The van der Waals surface area contributed by atoms with E-state index in [1.54, 1.807) is 0 Å². The van der Waals surface area contributed by atoms with E-state index in [0.29, 0.717) is 0 Å².